The van der Waals surface area contributed by atoms with Gasteiger partial charge in [0.05, 0.1) is 5.25 Å². The predicted octanol–water partition coefficient (Wildman–Crippen LogP) is 2.37. The van der Waals surface area contributed by atoms with Gasteiger partial charge in [0.25, 0.3) is 0 Å². The summed E-state index contributed by atoms with van der Waals surface area (Å²) in [6.45, 7) is 5.68. The SMILES string of the molecule is C=CC(=O)C1SCCSC1CC. The summed E-state index contributed by atoms with van der Waals surface area (Å²) in [5.74, 6) is 2.49. The lowest BCUT2D eigenvalue weighted by Gasteiger charge is -2.27. The van der Waals surface area contributed by atoms with Crippen LogP contribution in [-0.4, -0.2) is 27.8 Å². The van der Waals surface area contributed by atoms with Crippen LogP contribution in [0.4, 0.5) is 0 Å². The molecule has 1 heterocycles. The molecule has 0 saturated carbocycles. The quantitative estimate of drug-likeness (QED) is 0.654. The summed E-state index contributed by atoms with van der Waals surface area (Å²) < 4.78 is 0. The van der Waals surface area contributed by atoms with Crippen LogP contribution in [0.1, 0.15) is 13.3 Å². The lowest BCUT2D eigenvalue weighted by atomic mass is 10.1. The van der Waals surface area contributed by atoms with Gasteiger partial charge in [-0.15, -0.1) is 11.8 Å². The molecule has 0 aromatic carbocycles. The molecule has 1 rings (SSSR count). The van der Waals surface area contributed by atoms with E-state index in [0.717, 1.165) is 12.2 Å². The van der Waals surface area contributed by atoms with E-state index in [1.165, 1.54) is 11.8 Å². The zero-order valence-electron chi connectivity index (χ0n) is 7.29. The van der Waals surface area contributed by atoms with Gasteiger partial charge >= 0.3 is 0 Å². The third-order valence-electron chi connectivity index (χ3n) is 1.93. The van der Waals surface area contributed by atoms with E-state index < -0.39 is 0 Å². The van der Waals surface area contributed by atoms with Gasteiger partial charge in [0.2, 0.25) is 0 Å². The number of rotatable bonds is 3. The molecule has 0 aliphatic carbocycles. The molecule has 0 radical (unpaired) electrons. The van der Waals surface area contributed by atoms with Crippen molar-refractivity contribution in [3.63, 3.8) is 0 Å². The maximum Gasteiger partial charge on any atom is 0.169 e. The summed E-state index contributed by atoms with van der Waals surface area (Å²) in [5.41, 5.74) is 0. The molecule has 2 atom stereocenters. The highest BCUT2D eigenvalue weighted by Crippen LogP contribution is 2.33. The molecule has 0 spiro atoms. The van der Waals surface area contributed by atoms with Crippen molar-refractivity contribution >= 4 is 29.3 Å². The Labute approximate surface area is 82.4 Å². The first-order valence-corrected chi connectivity index (χ1v) is 6.28. The molecule has 1 nitrogen and oxygen atoms in total. The molecule has 1 aliphatic rings. The van der Waals surface area contributed by atoms with Crippen molar-refractivity contribution in [2.75, 3.05) is 11.5 Å². The standard InChI is InChI=1S/C9H14OS2/c1-3-7(10)9-8(4-2)11-5-6-12-9/h3,8-9H,1,4-6H2,2H3. The normalized spacial score (nSPS) is 29.8. The minimum Gasteiger partial charge on any atom is -0.294 e. The van der Waals surface area contributed by atoms with Crippen LogP contribution in [0.15, 0.2) is 12.7 Å². The largest absolute Gasteiger partial charge is 0.294 e. The highest BCUT2D eigenvalue weighted by molar-refractivity contribution is 8.07. The Hall–Kier alpha value is 0.110. The van der Waals surface area contributed by atoms with E-state index in [-0.39, 0.29) is 11.0 Å². The molecule has 0 bridgehead atoms. The Kier molecular flexibility index (Phi) is 4.22. The molecule has 0 aromatic heterocycles. The molecule has 12 heavy (non-hydrogen) atoms. The molecule has 3 heteroatoms. The molecule has 1 fully saturated rings. The van der Waals surface area contributed by atoms with E-state index in [2.05, 4.69) is 13.5 Å². The third kappa shape index (κ3) is 2.30. The van der Waals surface area contributed by atoms with Crippen LogP contribution in [0.2, 0.25) is 0 Å². The fourth-order valence-corrected chi connectivity index (χ4v) is 4.29. The molecule has 2 unspecified atom stereocenters. The molecule has 0 amide bonds. The smallest absolute Gasteiger partial charge is 0.169 e. The Balaban J connectivity index is 2.58. The Morgan fingerprint density at radius 2 is 2.25 bits per heavy atom. The Bertz CT molecular complexity index is 179. The van der Waals surface area contributed by atoms with E-state index in [4.69, 9.17) is 0 Å². The second-order valence-electron chi connectivity index (χ2n) is 2.72. The van der Waals surface area contributed by atoms with Gasteiger partial charge in [-0.2, -0.15) is 11.8 Å². The second kappa shape index (κ2) is 4.97. The van der Waals surface area contributed by atoms with Crippen LogP contribution in [0.5, 0.6) is 0 Å². The van der Waals surface area contributed by atoms with E-state index in [1.807, 2.05) is 11.8 Å². The minimum atomic E-state index is 0.172. The maximum absolute atomic E-state index is 11.4. The summed E-state index contributed by atoms with van der Waals surface area (Å²) in [5, 5.41) is 0.681. The third-order valence-corrected chi connectivity index (χ3v) is 5.20. The fraction of sp³-hybridized carbons (Fsp3) is 0.667. The van der Waals surface area contributed by atoms with Crippen LogP contribution in [-0.2, 0) is 4.79 Å². The lowest BCUT2D eigenvalue weighted by molar-refractivity contribution is -0.114. The second-order valence-corrected chi connectivity index (χ2v) is 5.31. The molecule has 0 aromatic rings. The number of thioether (sulfide) groups is 2. The maximum atomic E-state index is 11.4. The first kappa shape index (κ1) is 10.2. The average molecular weight is 202 g/mol. The van der Waals surface area contributed by atoms with Gasteiger partial charge in [-0.1, -0.05) is 13.5 Å². The van der Waals surface area contributed by atoms with Crippen LogP contribution in [0.25, 0.3) is 0 Å². The summed E-state index contributed by atoms with van der Waals surface area (Å²) in [7, 11) is 0. The fourth-order valence-electron chi connectivity index (χ4n) is 1.28. The van der Waals surface area contributed by atoms with Gasteiger partial charge in [-0.05, 0) is 12.5 Å². The van der Waals surface area contributed by atoms with Gasteiger partial charge in [0.15, 0.2) is 5.78 Å². The van der Waals surface area contributed by atoms with Crippen molar-refractivity contribution in [3.05, 3.63) is 12.7 Å². The molecule has 1 saturated heterocycles. The summed E-state index contributed by atoms with van der Waals surface area (Å²) in [6, 6.07) is 0. The Morgan fingerprint density at radius 1 is 1.58 bits per heavy atom. The van der Waals surface area contributed by atoms with Crippen molar-refractivity contribution in [3.8, 4) is 0 Å². The zero-order chi connectivity index (χ0) is 8.97. The van der Waals surface area contributed by atoms with E-state index in [1.54, 1.807) is 11.8 Å². The van der Waals surface area contributed by atoms with Crippen molar-refractivity contribution in [2.24, 2.45) is 0 Å². The number of allylic oxidation sites excluding steroid dienone is 1. The van der Waals surface area contributed by atoms with Crippen molar-refractivity contribution in [1.82, 2.24) is 0 Å². The first-order valence-electron chi connectivity index (χ1n) is 4.19. The van der Waals surface area contributed by atoms with Crippen LogP contribution >= 0.6 is 23.5 Å². The average Bonchev–Trinajstić information content (AvgIpc) is 2.16. The van der Waals surface area contributed by atoms with Crippen LogP contribution in [0, 0.1) is 0 Å². The van der Waals surface area contributed by atoms with Gasteiger partial charge in [-0.25, -0.2) is 0 Å². The number of ketones is 1. The first-order chi connectivity index (χ1) is 5.79. The molecular weight excluding hydrogens is 188 g/mol. The topological polar surface area (TPSA) is 17.1 Å². The lowest BCUT2D eigenvalue weighted by Crippen LogP contribution is -2.31. The van der Waals surface area contributed by atoms with Crippen molar-refractivity contribution < 1.29 is 4.79 Å². The monoisotopic (exact) mass is 202 g/mol. The Morgan fingerprint density at radius 3 is 2.83 bits per heavy atom. The van der Waals surface area contributed by atoms with Gasteiger partial charge < -0.3 is 0 Å². The van der Waals surface area contributed by atoms with Gasteiger partial charge in [-0.3, -0.25) is 4.79 Å². The highest BCUT2D eigenvalue weighted by atomic mass is 32.2. The highest BCUT2D eigenvalue weighted by Gasteiger charge is 2.28. The van der Waals surface area contributed by atoms with Gasteiger partial charge in [0.1, 0.15) is 0 Å². The molecule has 0 N–H and O–H groups in total. The molecule has 68 valence electrons. The minimum absolute atomic E-state index is 0.172. The van der Waals surface area contributed by atoms with Crippen molar-refractivity contribution in [1.29, 1.82) is 0 Å². The van der Waals surface area contributed by atoms with E-state index >= 15 is 0 Å². The summed E-state index contributed by atoms with van der Waals surface area (Å²) >= 11 is 3.71. The molecule has 1 aliphatic heterocycles. The van der Waals surface area contributed by atoms with Crippen molar-refractivity contribution in [2.45, 2.75) is 23.8 Å². The van der Waals surface area contributed by atoms with Gasteiger partial charge in [0, 0.05) is 16.8 Å². The number of carbonyl (C=O) groups is 1. The number of hydrogen-bond donors (Lipinski definition) is 0. The van der Waals surface area contributed by atoms with E-state index in [9.17, 15) is 4.79 Å². The number of carbonyl (C=O) groups excluding carboxylic acids is 1. The van der Waals surface area contributed by atoms with Crippen LogP contribution in [0.3, 0.4) is 0 Å². The van der Waals surface area contributed by atoms with Crippen LogP contribution < -0.4 is 0 Å². The predicted molar refractivity (Wildman–Crippen MR) is 58.0 cm³/mol. The summed E-state index contributed by atoms with van der Waals surface area (Å²) in [6.07, 6.45) is 2.55. The van der Waals surface area contributed by atoms with E-state index in [0.29, 0.717) is 5.25 Å². The zero-order valence-corrected chi connectivity index (χ0v) is 8.92. The number of hydrogen-bond acceptors (Lipinski definition) is 3. The molecular formula is C9H14OS2. The summed E-state index contributed by atoms with van der Waals surface area (Å²) in [4.78, 5) is 11.4.